The maximum atomic E-state index is 9.51. The van der Waals surface area contributed by atoms with Gasteiger partial charge in [-0.1, -0.05) is 0 Å². The quantitative estimate of drug-likeness (QED) is 0.820. The standard InChI is InChI=1S/C14H16N6O/c1-6-11-12(10-7(2)19-20(4)8(10)3)9(5-15)13(16)21-14(11)18-17-6/h12H,16H2,1-4H3,(H,17,18)/t12-/m1/s1. The smallest absolute Gasteiger partial charge is 0.244 e. The number of ether oxygens (including phenoxy) is 1. The molecular weight excluding hydrogens is 268 g/mol. The van der Waals surface area contributed by atoms with E-state index in [0.717, 1.165) is 28.2 Å². The average molecular weight is 284 g/mol. The van der Waals surface area contributed by atoms with Crippen molar-refractivity contribution in [2.45, 2.75) is 26.7 Å². The van der Waals surface area contributed by atoms with Crippen LogP contribution in [0.15, 0.2) is 11.5 Å². The molecule has 1 aliphatic rings. The van der Waals surface area contributed by atoms with Gasteiger partial charge in [-0.25, -0.2) is 0 Å². The molecule has 0 saturated heterocycles. The van der Waals surface area contributed by atoms with E-state index in [0.29, 0.717) is 11.5 Å². The van der Waals surface area contributed by atoms with Crippen LogP contribution in [0.2, 0.25) is 0 Å². The van der Waals surface area contributed by atoms with E-state index in [-0.39, 0.29) is 11.8 Å². The lowest BCUT2D eigenvalue weighted by Crippen LogP contribution is -2.21. The molecule has 2 aromatic heterocycles. The van der Waals surface area contributed by atoms with E-state index in [1.54, 1.807) is 4.68 Å². The fourth-order valence-corrected chi connectivity index (χ4v) is 2.90. The molecule has 0 aliphatic carbocycles. The molecule has 0 unspecified atom stereocenters. The Morgan fingerprint density at radius 2 is 2.05 bits per heavy atom. The third-order valence-electron chi connectivity index (χ3n) is 3.98. The van der Waals surface area contributed by atoms with Crippen molar-refractivity contribution in [3.63, 3.8) is 0 Å². The number of hydrogen-bond donors (Lipinski definition) is 2. The molecule has 0 amide bonds. The zero-order valence-electron chi connectivity index (χ0n) is 12.4. The first-order valence-electron chi connectivity index (χ1n) is 6.58. The highest BCUT2D eigenvalue weighted by atomic mass is 16.5. The predicted octanol–water partition coefficient (Wildman–Crippen LogP) is 1.29. The van der Waals surface area contributed by atoms with E-state index in [9.17, 15) is 5.26 Å². The fourth-order valence-electron chi connectivity index (χ4n) is 2.90. The van der Waals surface area contributed by atoms with Crippen molar-refractivity contribution in [1.29, 1.82) is 5.26 Å². The summed E-state index contributed by atoms with van der Waals surface area (Å²) in [7, 11) is 1.88. The maximum Gasteiger partial charge on any atom is 0.244 e. The first-order valence-corrected chi connectivity index (χ1v) is 6.58. The summed E-state index contributed by atoms with van der Waals surface area (Å²) in [4.78, 5) is 0. The van der Waals surface area contributed by atoms with Gasteiger partial charge in [-0.15, -0.1) is 5.10 Å². The van der Waals surface area contributed by atoms with Crippen LogP contribution in [-0.2, 0) is 7.05 Å². The first kappa shape index (κ1) is 13.2. The summed E-state index contributed by atoms with van der Waals surface area (Å²) in [5.74, 6) is 0.229. The minimum Gasteiger partial charge on any atom is -0.420 e. The van der Waals surface area contributed by atoms with Crippen LogP contribution in [0.3, 0.4) is 0 Å². The van der Waals surface area contributed by atoms with Crippen LogP contribution in [-0.4, -0.2) is 20.0 Å². The van der Waals surface area contributed by atoms with Crippen molar-refractivity contribution in [1.82, 2.24) is 20.0 Å². The number of rotatable bonds is 1. The second-order valence-corrected chi connectivity index (χ2v) is 5.20. The third-order valence-corrected chi connectivity index (χ3v) is 3.98. The molecule has 7 heteroatoms. The van der Waals surface area contributed by atoms with Crippen molar-refractivity contribution in [3.05, 3.63) is 39.7 Å². The monoisotopic (exact) mass is 284 g/mol. The average Bonchev–Trinajstić information content (AvgIpc) is 2.90. The van der Waals surface area contributed by atoms with Gasteiger partial charge in [0.05, 0.1) is 11.6 Å². The highest BCUT2D eigenvalue weighted by Gasteiger charge is 2.37. The van der Waals surface area contributed by atoms with Crippen LogP contribution >= 0.6 is 0 Å². The van der Waals surface area contributed by atoms with Gasteiger partial charge in [0.15, 0.2) is 0 Å². The van der Waals surface area contributed by atoms with Gasteiger partial charge < -0.3 is 10.5 Å². The summed E-state index contributed by atoms with van der Waals surface area (Å²) in [6, 6.07) is 2.17. The van der Waals surface area contributed by atoms with Gasteiger partial charge in [0.25, 0.3) is 0 Å². The molecule has 108 valence electrons. The topological polar surface area (TPSA) is 106 Å². The molecule has 0 aromatic carbocycles. The van der Waals surface area contributed by atoms with E-state index in [2.05, 4.69) is 21.4 Å². The van der Waals surface area contributed by atoms with Crippen LogP contribution < -0.4 is 10.5 Å². The molecule has 0 radical (unpaired) electrons. The van der Waals surface area contributed by atoms with Crippen molar-refractivity contribution in [2.24, 2.45) is 12.8 Å². The molecular formula is C14H16N6O. The molecule has 3 rings (SSSR count). The number of aromatic nitrogens is 4. The van der Waals surface area contributed by atoms with E-state index in [1.807, 2.05) is 27.8 Å². The normalized spacial score (nSPS) is 17.4. The Hall–Kier alpha value is -2.75. The number of nitrogens with zero attached hydrogens (tertiary/aromatic N) is 4. The number of nitriles is 1. The summed E-state index contributed by atoms with van der Waals surface area (Å²) < 4.78 is 7.27. The molecule has 0 saturated carbocycles. The van der Waals surface area contributed by atoms with Crippen LogP contribution in [0, 0.1) is 32.1 Å². The molecule has 7 nitrogen and oxygen atoms in total. The maximum absolute atomic E-state index is 9.51. The lowest BCUT2D eigenvalue weighted by Gasteiger charge is -2.23. The number of H-pyrrole nitrogens is 1. The van der Waals surface area contributed by atoms with E-state index in [4.69, 9.17) is 10.5 Å². The number of nitrogens with one attached hydrogen (secondary N) is 1. The zero-order valence-corrected chi connectivity index (χ0v) is 12.4. The fraction of sp³-hybridized carbons (Fsp3) is 0.357. The summed E-state index contributed by atoms with van der Waals surface area (Å²) in [6.07, 6.45) is 0. The van der Waals surface area contributed by atoms with Crippen molar-refractivity contribution in [3.8, 4) is 11.9 Å². The SMILES string of the molecule is Cc1nn(C)c(C)c1[C@H]1C(C#N)=C(N)Oc2n[nH]c(C)c21. The molecule has 1 aliphatic heterocycles. The van der Waals surface area contributed by atoms with Gasteiger partial charge in [0.1, 0.15) is 11.6 Å². The molecule has 0 bridgehead atoms. The van der Waals surface area contributed by atoms with Crippen molar-refractivity contribution in [2.75, 3.05) is 0 Å². The lowest BCUT2D eigenvalue weighted by molar-refractivity contribution is 0.378. The molecule has 2 aromatic rings. The Labute approximate surface area is 122 Å². The molecule has 3 heterocycles. The van der Waals surface area contributed by atoms with Gasteiger partial charge in [-0.05, 0) is 20.8 Å². The minimum atomic E-state index is -0.300. The number of fused-ring (bicyclic) bond motifs is 1. The first-order chi connectivity index (χ1) is 9.95. The Morgan fingerprint density at radius 3 is 2.62 bits per heavy atom. The van der Waals surface area contributed by atoms with Gasteiger partial charge in [-0.3, -0.25) is 9.78 Å². The number of hydrogen-bond acceptors (Lipinski definition) is 5. The summed E-state index contributed by atoms with van der Waals surface area (Å²) in [5.41, 5.74) is 10.8. The number of allylic oxidation sites excluding steroid dienone is 1. The molecule has 3 N–H and O–H groups in total. The van der Waals surface area contributed by atoms with E-state index < -0.39 is 0 Å². The zero-order chi connectivity index (χ0) is 15.3. The second kappa shape index (κ2) is 4.38. The van der Waals surface area contributed by atoms with Crippen LogP contribution in [0.25, 0.3) is 0 Å². The predicted molar refractivity (Wildman–Crippen MR) is 75.3 cm³/mol. The lowest BCUT2D eigenvalue weighted by atomic mass is 9.83. The molecule has 0 spiro atoms. The molecule has 1 atom stereocenters. The Bertz CT molecular complexity index is 804. The summed E-state index contributed by atoms with van der Waals surface area (Å²) >= 11 is 0. The van der Waals surface area contributed by atoms with Gasteiger partial charge in [-0.2, -0.15) is 10.4 Å². The van der Waals surface area contributed by atoms with Gasteiger partial charge in [0.2, 0.25) is 11.8 Å². The van der Waals surface area contributed by atoms with Gasteiger partial charge >= 0.3 is 0 Å². The third kappa shape index (κ3) is 1.72. The van der Waals surface area contributed by atoms with Crippen molar-refractivity contribution < 1.29 is 4.74 Å². The number of aromatic amines is 1. The Kier molecular flexibility index (Phi) is 2.76. The Morgan fingerprint density at radius 1 is 1.33 bits per heavy atom. The summed E-state index contributed by atoms with van der Waals surface area (Å²) in [6.45, 7) is 5.81. The Balaban J connectivity index is 2.33. The summed E-state index contributed by atoms with van der Waals surface area (Å²) in [5, 5.41) is 21.0. The van der Waals surface area contributed by atoms with Crippen molar-refractivity contribution >= 4 is 0 Å². The largest absolute Gasteiger partial charge is 0.420 e. The van der Waals surface area contributed by atoms with E-state index >= 15 is 0 Å². The highest BCUT2D eigenvalue weighted by molar-refractivity contribution is 5.56. The minimum absolute atomic E-state index is 0.101. The highest BCUT2D eigenvalue weighted by Crippen LogP contribution is 2.44. The van der Waals surface area contributed by atoms with Crippen LogP contribution in [0.4, 0.5) is 0 Å². The van der Waals surface area contributed by atoms with E-state index in [1.165, 1.54) is 0 Å². The second-order valence-electron chi connectivity index (χ2n) is 5.20. The molecule has 0 fully saturated rings. The van der Waals surface area contributed by atoms with Gasteiger partial charge in [0, 0.05) is 29.6 Å². The number of aryl methyl sites for hydroxylation is 3. The van der Waals surface area contributed by atoms with Crippen LogP contribution in [0.5, 0.6) is 5.88 Å². The molecule has 21 heavy (non-hydrogen) atoms. The number of nitrogens with two attached hydrogens (primary N) is 1. The van der Waals surface area contributed by atoms with Crippen LogP contribution in [0.1, 0.15) is 34.1 Å².